The van der Waals surface area contributed by atoms with Crippen LogP contribution in [0.4, 0.5) is 5.82 Å². The van der Waals surface area contributed by atoms with E-state index in [2.05, 4.69) is 20.3 Å². The van der Waals surface area contributed by atoms with Crippen molar-refractivity contribution in [1.82, 2.24) is 15.0 Å². The van der Waals surface area contributed by atoms with E-state index in [1.807, 2.05) is 23.2 Å². The van der Waals surface area contributed by atoms with E-state index in [1.54, 1.807) is 29.0 Å². The number of hydrogen-bond donors (Lipinski definition) is 1. The number of anilines is 1. The third kappa shape index (κ3) is 1.77. The van der Waals surface area contributed by atoms with E-state index in [4.69, 9.17) is 0 Å². The van der Waals surface area contributed by atoms with Gasteiger partial charge in [0.25, 0.3) is 0 Å². The Balaban J connectivity index is 1.86. The molecule has 0 aliphatic carbocycles. The van der Waals surface area contributed by atoms with Crippen molar-refractivity contribution >= 4 is 38.7 Å². The van der Waals surface area contributed by atoms with Gasteiger partial charge in [-0.2, -0.15) is 0 Å². The van der Waals surface area contributed by atoms with Gasteiger partial charge in [0.05, 0.1) is 17.4 Å². The van der Waals surface area contributed by atoms with Crippen LogP contribution in [0.2, 0.25) is 0 Å². The van der Waals surface area contributed by atoms with Crippen LogP contribution in [-0.4, -0.2) is 15.0 Å². The summed E-state index contributed by atoms with van der Waals surface area (Å²) < 4.78 is 0. The Hall–Kier alpha value is -1.53. The highest BCUT2D eigenvalue weighted by molar-refractivity contribution is 7.16. The number of hydrogen-bond acceptors (Lipinski definition) is 6. The van der Waals surface area contributed by atoms with Gasteiger partial charge in [0.1, 0.15) is 17.0 Å². The molecule has 0 fully saturated rings. The van der Waals surface area contributed by atoms with E-state index in [-0.39, 0.29) is 0 Å². The van der Waals surface area contributed by atoms with Crippen LogP contribution in [0.1, 0.15) is 4.88 Å². The lowest BCUT2D eigenvalue weighted by Crippen LogP contribution is -2.00. The Kier molecular flexibility index (Phi) is 2.51. The van der Waals surface area contributed by atoms with Gasteiger partial charge in [-0.15, -0.1) is 22.7 Å². The highest BCUT2D eigenvalue weighted by Crippen LogP contribution is 2.24. The normalized spacial score (nSPS) is 10.8. The van der Waals surface area contributed by atoms with Crippen molar-refractivity contribution in [3.8, 4) is 0 Å². The smallest absolute Gasteiger partial charge is 0.138 e. The van der Waals surface area contributed by atoms with E-state index in [9.17, 15) is 0 Å². The molecule has 0 saturated carbocycles. The monoisotopic (exact) mass is 248 g/mol. The van der Waals surface area contributed by atoms with Crippen molar-refractivity contribution in [3.63, 3.8) is 0 Å². The van der Waals surface area contributed by atoms with Gasteiger partial charge in [0.15, 0.2) is 0 Å². The Morgan fingerprint density at radius 2 is 2.25 bits per heavy atom. The van der Waals surface area contributed by atoms with Crippen LogP contribution in [0.5, 0.6) is 0 Å². The topological polar surface area (TPSA) is 50.7 Å². The van der Waals surface area contributed by atoms with Gasteiger partial charge >= 0.3 is 0 Å². The molecule has 0 atom stereocenters. The molecular weight excluding hydrogens is 240 g/mol. The lowest BCUT2D eigenvalue weighted by molar-refractivity contribution is 1.12. The molecule has 0 spiro atoms. The molecule has 0 aliphatic rings. The van der Waals surface area contributed by atoms with Gasteiger partial charge in [0, 0.05) is 11.1 Å². The van der Waals surface area contributed by atoms with Crippen LogP contribution in [0.25, 0.3) is 10.2 Å². The second kappa shape index (κ2) is 4.15. The molecule has 3 aromatic rings. The summed E-state index contributed by atoms with van der Waals surface area (Å²) in [4.78, 5) is 14.7. The maximum Gasteiger partial charge on any atom is 0.138 e. The maximum absolute atomic E-state index is 4.25. The summed E-state index contributed by atoms with van der Waals surface area (Å²) in [5.74, 6) is 0.889. The van der Waals surface area contributed by atoms with Gasteiger partial charge in [-0.1, -0.05) is 0 Å². The largest absolute Gasteiger partial charge is 0.364 e. The first-order valence-electron chi connectivity index (χ1n) is 4.73. The minimum absolute atomic E-state index is 0.757. The van der Waals surface area contributed by atoms with E-state index in [0.29, 0.717) is 0 Å². The van der Waals surface area contributed by atoms with Crippen LogP contribution < -0.4 is 5.32 Å². The Morgan fingerprint density at radius 3 is 3.12 bits per heavy atom. The highest BCUT2D eigenvalue weighted by Gasteiger charge is 2.04. The summed E-state index contributed by atoms with van der Waals surface area (Å²) in [6.45, 7) is 0.757. The zero-order chi connectivity index (χ0) is 10.8. The summed E-state index contributed by atoms with van der Waals surface area (Å²) in [6, 6.07) is 2.04. The number of nitrogens with one attached hydrogen (secondary N) is 1. The Bertz CT molecular complexity index is 588. The average Bonchev–Trinajstić information content (AvgIpc) is 2.97. The number of fused-ring (bicyclic) bond motifs is 1. The quantitative estimate of drug-likeness (QED) is 0.774. The summed E-state index contributed by atoms with van der Waals surface area (Å²) in [7, 11) is 0. The average molecular weight is 248 g/mol. The molecule has 0 unspecified atom stereocenters. The SMILES string of the molecule is c1nc(NCc2cncs2)c2ccsc2n1. The lowest BCUT2D eigenvalue weighted by Gasteiger charge is -2.03. The summed E-state index contributed by atoms with van der Waals surface area (Å²) in [5, 5.41) is 6.41. The fraction of sp³-hybridized carbons (Fsp3) is 0.100. The fourth-order valence-electron chi connectivity index (χ4n) is 1.43. The van der Waals surface area contributed by atoms with E-state index < -0.39 is 0 Å². The second-order valence-corrected chi connectivity index (χ2v) is 5.05. The van der Waals surface area contributed by atoms with E-state index in [1.165, 1.54) is 4.88 Å². The van der Waals surface area contributed by atoms with Gasteiger partial charge in [-0.3, -0.25) is 4.98 Å². The molecule has 3 heterocycles. The molecule has 80 valence electrons. The molecule has 6 heteroatoms. The fourth-order valence-corrected chi connectivity index (χ4v) is 2.70. The molecule has 3 aromatic heterocycles. The summed E-state index contributed by atoms with van der Waals surface area (Å²) >= 11 is 3.26. The first-order chi connectivity index (χ1) is 7.93. The molecule has 0 amide bonds. The Labute approximate surface area is 100 Å². The molecule has 4 nitrogen and oxygen atoms in total. The van der Waals surface area contributed by atoms with E-state index in [0.717, 1.165) is 22.6 Å². The van der Waals surface area contributed by atoms with Crippen molar-refractivity contribution in [3.05, 3.63) is 34.4 Å². The number of aromatic nitrogens is 3. The van der Waals surface area contributed by atoms with Crippen molar-refractivity contribution in [2.24, 2.45) is 0 Å². The predicted octanol–water partition coefficient (Wildman–Crippen LogP) is 2.76. The van der Waals surface area contributed by atoms with Crippen LogP contribution >= 0.6 is 22.7 Å². The number of thiazole rings is 1. The number of thiophene rings is 1. The van der Waals surface area contributed by atoms with Crippen LogP contribution in [0.15, 0.2) is 29.5 Å². The first-order valence-corrected chi connectivity index (χ1v) is 6.49. The third-order valence-corrected chi connectivity index (χ3v) is 3.78. The van der Waals surface area contributed by atoms with Crippen molar-refractivity contribution < 1.29 is 0 Å². The molecule has 1 N–H and O–H groups in total. The van der Waals surface area contributed by atoms with Gasteiger partial charge in [0.2, 0.25) is 0 Å². The molecule has 0 aliphatic heterocycles. The summed E-state index contributed by atoms with van der Waals surface area (Å²) in [5.41, 5.74) is 1.83. The minimum atomic E-state index is 0.757. The zero-order valence-electron chi connectivity index (χ0n) is 8.25. The van der Waals surface area contributed by atoms with Crippen LogP contribution in [0, 0.1) is 0 Å². The third-order valence-electron chi connectivity index (χ3n) is 2.18. The molecule has 3 rings (SSSR count). The minimum Gasteiger partial charge on any atom is -0.364 e. The highest BCUT2D eigenvalue weighted by atomic mass is 32.1. The Morgan fingerprint density at radius 1 is 1.25 bits per heavy atom. The molecular formula is C10H8N4S2. The van der Waals surface area contributed by atoms with Gasteiger partial charge in [-0.25, -0.2) is 9.97 Å². The predicted molar refractivity (Wildman–Crippen MR) is 66.9 cm³/mol. The van der Waals surface area contributed by atoms with Crippen molar-refractivity contribution in [2.75, 3.05) is 5.32 Å². The summed E-state index contributed by atoms with van der Waals surface area (Å²) in [6.07, 6.45) is 3.46. The molecule has 16 heavy (non-hydrogen) atoms. The second-order valence-electron chi connectivity index (χ2n) is 3.18. The molecule has 0 bridgehead atoms. The van der Waals surface area contributed by atoms with Gasteiger partial charge < -0.3 is 5.32 Å². The molecule has 0 aromatic carbocycles. The van der Waals surface area contributed by atoms with Crippen LogP contribution in [0.3, 0.4) is 0 Å². The standard InChI is InChI=1S/C10H8N4S2/c1-2-15-10-8(1)9(13-5-14-10)12-4-7-3-11-6-16-7/h1-3,5-6H,4H2,(H,12,13,14). The first kappa shape index (κ1) is 9.68. The molecule has 0 saturated heterocycles. The van der Waals surface area contributed by atoms with Crippen molar-refractivity contribution in [2.45, 2.75) is 6.54 Å². The van der Waals surface area contributed by atoms with E-state index >= 15 is 0 Å². The maximum atomic E-state index is 4.25. The van der Waals surface area contributed by atoms with Crippen LogP contribution in [-0.2, 0) is 6.54 Å². The molecule has 0 radical (unpaired) electrons. The van der Waals surface area contributed by atoms with Crippen molar-refractivity contribution in [1.29, 1.82) is 0 Å². The zero-order valence-corrected chi connectivity index (χ0v) is 9.88. The van der Waals surface area contributed by atoms with Gasteiger partial charge in [-0.05, 0) is 11.4 Å². The number of rotatable bonds is 3. The lowest BCUT2D eigenvalue weighted by atomic mass is 10.4. The number of nitrogens with zero attached hydrogens (tertiary/aromatic N) is 3.